The number of benzene rings is 2. The molecule has 0 aromatic heterocycles. The third-order valence-electron chi connectivity index (χ3n) is 4.34. The van der Waals surface area contributed by atoms with Gasteiger partial charge < -0.3 is 20.3 Å². The summed E-state index contributed by atoms with van der Waals surface area (Å²) in [4.78, 5) is 25.8. The molecule has 2 aromatic rings. The topological polar surface area (TPSA) is 70.7 Å². The van der Waals surface area contributed by atoms with Crippen molar-refractivity contribution in [1.82, 2.24) is 5.32 Å². The molecule has 136 valence electrons. The molecule has 0 radical (unpaired) electrons. The fourth-order valence-electron chi connectivity index (χ4n) is 3.06. The molecule has 0 unspecified atom stereocenters. The lowest BCUT2D eigenvalue weighted by molar-refractivity contribution is -0.117. The van der Waals surface area contributed by atoms with Crippen molar-refractivity contribution in [2.45, 2.75) is 26.3 Å². The maximum atomic E-state index is 12.1. The van der Waals surface area contributed by atoms with Gasteiger partial charge in [-0.1, -0.05) is 29.8 Å². The van der Waals surface area contributed by atoms with Crippen LogP contribution in [-0.4, -0.2) is 25.6 Å². The Balaban J connectivity index is 1.64. The number of amides is 3. The summed E-state index contributed by atoms with van der Waals surface area (Å²) < 4.78 is 5.41. The predicted octanol–water partition coefficient (Wildman–Crippen LogP) is 3.45. The van der Waals surface area contributed by atoms with Crippen molar-refractivity contribution in [1.29, 1.82) is 0 Å². The molecule has 6 nitrogen and oxygen atoms in total. The molecule has 1 saturated heterocycles. The van der Waals surface area contributed by atoms with Crippen LogP contribution in [0.4, 0.5) is 16.2 Å². The van der Waals surface area contributed by atoms with Crippen LogP contribution in [0.3, 0.4) is 0 Å². The van der Waals surface area contributed by atoms with Gasteiger partial charge in [0, 0.05) is 31.3 Å². The molecule has 6 heteroatoms. The molecular formula is C20H23N3O3. The number of nitrogens with zero attached hydrogens (tertiary/aromatic N) is 1. The van der Waals surface area contributed by atoms with E-state index in [1.807, 2.05) is 31.2 Å². The van der Waals surface area contributed by atoms with Gasteiger partial charge in [-0.3, -0.25) is 4.79 Å². The molecule has 3 rings (SSSR count). The molecule has 0 bridgehead atoms. The first-order chi connectivity index (χ1) is 12.6. The third kappa shape index (κ3) is 4.14. The Morgan fingerprint density at radius 2 is 2.08 bits per heavy atom. The summed E-state index contributed by atoms with van der Waals surface area (Å²) in [5, 5.41) is 5.63. The van der Waals surface area contributed by atoms with Crippen molar-refractivity contribution in [3.05, 3.63) is 53.6 Å². The van der Waals surface area contributed by atoms with Gasteiger partial charge in [0.05, 0.1) is 12.8 Å². The minimum Gasteiger partial charge on any atom is -0.494 e. The van der Waals surface area contributed by atoms with E-state index in [9.17, 15) is 9.59 Å². The molecule has 1 aliphatic heterocycles. The number of hydrogen-bond donors (Lipinski definition) is 2. The first-order valence-corrected chi connectivity index (χ1v) is 8.65. The summed E-state index contributed by atoms with van der Waals surface area (Å²) in [6.45, 7) is 3.16. The molecule has 3 amide bonds. The molecule has 0 spiro atoms. The van der Waals surface area contributed by atoms with E-state index in [4.69, 9.17) is 4.74 Å². The molecule has 0 atom stereocenters. The minimum atomic E-state index is -0.293. The number of hydrogen-bond acceptors (Lipinski definition) is 3. The van der Waals surface area contributed by atoms with E-state index >= 15 is 0 Å². The summed E-state index contributed by atoms with van der Waals surface area (Å²) in [7, 11) is 1.56. The van der Waals surface area contributed by atoms with Crippen molar-refractivity contribution in [2.75, 3.05) is 23.9 Å². The van der Waals surface area contributed by atoms with Gasteiger partial charge in [-0.15, -0.1) is 0 Å². The third-order valence-corrected chi connectivity index (χ3v) is 4.34. The van der Waals surface area contributed by atoms with Crippen LogP contribution < -0.4 is 20.3 Å². The van der Waals surface area contributed by atoms with Gasteiger partial charge in [-0.25, -0.2) is 4.79 Å². The van der Waals surface area contributed by atoms with Crippen LogP contribution in [0.2, 0.25) is 0 Å². The predicted molar refractivity (Wildman–Crippen MR) is 102 cm³/mol. The zero-order valence-electron chi connectivity index (χ0n) is 15.0. The quantitative estimate of drug-likeness (QED) is 0.865. The zero-order valence-corrected chi connectivity index (χ0v) is 15.0. The lowest BCUT2D eigenvalue weighted by Gasteiger charge is -2.19. The van der Waals surface area contributed by atoms with Gasteiger partial charge in [0.25, 0.3) is 0 Å². The molecule has 2 N–H and O–H groups in total. The standard InChI is InChI=1S/C20H23N3O3/c1-14-5-3-6-15(11-14)13-21-20(25)22-16-8-9-17(18(12-16)26-2)23-10-4-7-19(23)24/h3,5-6,8-9,11-12H,4,7,10,13H2,1-2H3,(H2,21,22,25). The largest absolute Gasteiger partial charge is 0.494 e. The second-order valence-corrected chi connectivity index (χ2v) is 6.33. The summed E-state index contributed by atoms with van der Waals surface area (Å²) in [5.41, 5.74) is 3.54. The van der Waals surface area contributed by atoms with Gasteiger partial charge in [-0.2, -0.15) is 0 Å². The van der Waals surface area contributed by atoms with E-state index in [1.54, 1.807) is 30.2 Å². The van der Waals surface area contributed by atoms with Crippen LogP contribution in [0.1, 0.15) is 24.0 Å². The van der Waals surface area contributed by atoms with Crippen LogP contribution >= 0.6 is 0 Å². The Hall–Kier alpha value is -3.02. The highest BCUT2D eigenvalue weighted by Gasteiger charge is 2.24. The number of carbonyl (C=O) groups is 2. The average molecular weight is 353 g/mol. The Morgan fingerprint density at radius 1 is 1.23 bits per heavy atom. The van der Waals surface area contributed by atoms with Crippen molar-refractivity contribution >= 4 is 23.3 Å². The highest BCUT2D eigenvalue weighted by Crippen LogP contribution is 2.33. The van der Waals surface area contributed by atoms with E-state index < -0.39 is 0 Å². The molecule has 2 aromatic carbocycles. The van der Waals surface area contributed by atoms with Gasteiger partial charge >= 0.3 is 6.03 Å². The number of aryl methyl sites for hydroxylation is 1. The van der Waals surface area contributed by atoms with Crippen molar-refractivity contribution in [3.63, 3.8) is 0 Å². The molecule has 1 fully saturated rings. The summed E-state index contributed by atoms with van der Waals surface area (Å²) in [6, 6.07) is 13.0. The van der Waals surface area contributed by atoms with Gasteiger partial charge in [0.2, 0.25) is 5.91 Å². The molecule has 1 aliphatic rings. The van der Waals surface area contributed by atoms with E-state index in [0.717, 1.165) is 23.2 Å². The number of ether oxygens (including phenoxy) is 1. The van der Waals surface area contributed by atoms with Crippen LogP contribution in [0.5, 0.6) is 5.75 Å². The summed E-state index contributed by atoms with van der Waals surface area (Å²) >= 11 is 0. The zero-order chi connectivity index (χ0) is 18.5. The van der Waals surface area contributed by atoms with Crippen LogP contribution in [0, 0.1) is 6.92 Å². The van der Waals surface area contributed by atoms with E-state index in [-0.39, 0.29) is 11.9 Å². The average Bonchev–Trinajstić information content (AvgIpc) is 3.06. The highest BCUT2D eigenvalue weighted by atomic mass is 16.5. The fraction of sp³-hybridized carbons (Fsp3) is 0.300. The normalized spacial score (nSPS) is 13.6. The maximum absolute atomic E-state index is 12.1. The second-order valence-electron chi connectivity index (χ2n) is 6.33. The van der Waals surface area contributed by atoms with E-state index in [2.05, 4.69) is 10.6 Å². The smallest absolute Gasteiger partial charge is 0.319 e. The first kappa shape index (κ1) is 17.8. The molecule has 0 aliphatic carbocycles. The van der Waals surface area contributed by atoms with Crippen molar-refractivity contribution in [3.8, 4) is 5.75 Å². The number of carbonyl (C=O) groups excluding carboxylic acids is 2. The maximum Gasteiger partial charge on any atom is 0.319 e. The Labute approximate surface area is 153 Å². The van der Waals surface area contributed by atoms with Crippen LogP contribution in [-0.2, 0) is 11.3 Å². The Morgan fingerprint density at radius 3 is 2.77 bits per heavy atom. The molecule has 26 heavy (non-hydrogen) atoms. The van der Waals surface area contributed by atoms with Gasteiger partial charge in [0.1, 0.15) is 5.75 Å². The first-order valence-electron chi connectivity index (χ1n) is 8.65. The Bertz CT molecular complexity index is 820. The monoisotopic (exact) mass is 353 g/mol. The Kier molecular flexibility index (Phi) is 5.41. The van der Waals surface area contributed by atoms with E-state index in [0.29, 0.717) is 30.9 Å². The molecule has 1 heterocycles. The van der Waals surface area contributed by atoms with E-state index in [1.165, 1.54) is 0 Å². The molecular weight excluding hydrogens is 330 g/mol. The number of nitrogens with one attached hydrogen (secondary N) is 2. The number of rotatable bonds is 5. The summed E-state index contributed by atoms with van der Waals surface area (Å²) in [5.74, 6) is 0.664. The lowest BCUT2D eigenvalue weighted by Crippen LogP contribution is -2.28. The lowest BCUT2D eigenvalue weighted by atomic mass is 10.1. The highest BCUT2D eigenvalue weighted by molar-refractivity contribution is 5.97. The van der Waals surface area contributed by atoms with Gasteiger partial charge in [-0.05, 0) is 31.0 Å². The molecule has 0 saturated carbocycles. The number of urea groups is 1. The van der Waals surface area contributed by atoms with Crippen molar-refractivity contribution < 1.29 is 14.3 Å². The van der Waals surface area contributed by atoms with Crippen molar-refractivity contribution in [2.24, 2.45) is 0 Å². The number of methoxy groups -OCH3 is 1. The van der Waals surface area contributed by atoms with Crippen LogP contribution in [0.25, 0.3) is 0 Å². The minimum absolute atomic E-state index is 0.0971. The van der Waals surface area contributed by atoms with Crippen LogP contribution in [0.15, 0.2) is 42.5 Å². The number of anilines is 2. The van der Waals surface area contributed by atoms with Gasteiger partial charge in [0.15, 0.2) is 0 Å². The second kappa shape index (κ2) is 7.91. The fourth-order valence-corrected chi connectivity index (χ4v) is 3.06. The SMILES string of the molecule is COc1cc(NC(=O)NCc2cccc(C)c2)ccc1N1CCCC1=O. The summed E-state index contributed by atoms with van der Waals surface area (Å²) in [6.07, 6.45) is 1.41.